The van der Waals surface area contributed by atoms with E-state index >= 15 is 0 Å². The maximum Gasteiger partial charge on any atom is 0.0572 e. The molecule has 0 aromatic carbocycles. The van der Waals surface area contributed by atoms with E-state index in [1.54, 1.807) is 0 Å². The highest BCUT2D eigenvalue weighted by Gasteiger charge is 2.06. The Bertz CT molecular complexity index is 211. The Hall–Kier alpha value is -1.18. The van der Waals surface area contributed by atoms with Crippen molar-refractivity contribution in [1.29, 1.82) is 0 Å². The van der Waals surface area contributed by atoms with Crippen LogP contribution in [-0.2, 0) is 0 Å². The van der Waals surface area contributed by atoms with Gasteiger partial charge in [-0.3, -0.25) is 0 Å². The first-order valence-electron chi connectivity index (χ1n) is 3.04. The quantitative estimate of drug-likeness (QED) is 0.494. The Balaban J connectivity index is 2.35. The summed E-state index contributed by atoms with van der Waals surface area (Å²) < 4.78 is 0. The van der Waals surface area contributed by atoms with E-state index in [1.807, 2.05) is 6.20 Å². The first-order chi connectivity index (χ1) is 4.47. The van der Waals surface area contributed by atoms with E-state index in [9.17, 15) is 0 Å². The molecule has 1 aliphatic carbocycles. The van der Waals surface area contributed by atoms with Crippen molar-refractivity contribution < 1.29 is 0 Å². The van der Waals surface area contributed by atoms with Crippen molar-refractivity contribution in [2.75, 3.05) is 0 Å². The zero-order valence-electron chi connectivity index (χ0n) is 5.02. The lowest BCUT2D eigenvalue weighted by molar-refractivity contribution is 0.729. The maximum absolute atomic E-state index is 3.04. The molecule has 2 nitrogen and oxygen atoms in total. The molecule has 0 saturated heterocycles. The van der Waals surface area contributed by atoms with Crippen molar-refractivity contribution in [1.82, 2.24) is 10.9 Å². The van der Waals surface area contributed by atoms with Crippen LogP contribution in [0.25, 0.3) is 0 Å². The topological polar surface area (TPSA) is 24.1 Å². The van der Waals surface area contributed by atoms with Gasteiger partial charge in [0.2, 0.25) is 0 Å². The molecule has 0 aromatic rings. The van der Waals surface area contributed by atoms with Crippen LogP contribution in [0.2, 0.25) is 0 Å². The molecular weight excluding hydrogens is 112 g/mol. The van der Waals surface area contributed by atoms with Gasteiger partial charge in [-0.05, 0) is 24.1 Å². The molecule has 0 spiro atoms. The molecule has 2 aliphatic rings. The predicted octanol–water partition coefficient (Wildman–Crippen LogP) is 0.822. The summed E-state index contributed by atoms with van der Waals surface area (Å²) in [7, 11) is 0. The van der Waals surface area contributed by atoms with Gasteiger partial charge in [-0.2, -0.15) is 0 Å². The van der Waals surface area contributed by atoms with Crippen LogP contribution < -0.4 is 10.9 Å². The lowest BCUT2D eigenvalue weighted by atomic mass is 10.2. The van der Waals surface area contributed by atoms with Crippen molar-refractivity contribution in [3.05, 3.63) is 35.7 Å². The second-order valence-electron chi connectivity index (χ2n) is 2.15. The van der Waals surface area contributed by atoms with E-state index in [4.69, 9.17) is 0 Å². The van der Waals surface area contributed by atoms with Gasteiger partial charge >= 0.3 is 0 Å². The van der Waals surface area contributed by atoms with Gasteiger partial charge in [0, 0.05) is 6.20 Å². The molecule has 0 radical (unpaired) electrons. The largest absolute Gasteiger partial charge is 0.308 e. The summed E-state index contributed by atoms with van der Waals surface area (Å²) in [6.07, 6.45) is 9.30. The zero-order valence-corrected chi connectivity index (χ0v) is 5.02. The molecule has 0 atom stereocenters. The number of allylic oxidation sites excluding steroid dienone is 4. The third-order valence-corrected chi connectivity index (χ3v) is 1.54. The standard InChI is InChI=1S/C7H8N2/c1-2-6-4-5-8-9-7(6)3-1/h1,3-5,8-9H,2H2. The van der Waals surface area contributed by atoms with Gasteiger partial charge in [-0.1, -0.05) is 6.08 Å². The molecule has 2 N–H and O–H groups in total. The fourth-order valence-electron chi connectivity index (χ4n) is 1.06. The summed E-state index contributed by atoms with van der Waals surface area (Å²) in [6, 6.07) is 0. The summed E-state index contributed by atoms with van der Waals surface area (Å²) >= 11 is 0. The van der Waals surface area contributed by atoms with Crippen LogP contribution in [0.15, 0.2) is 35.7 Å². The Kier molecular flexibility index (Phi) is 0.859. The monoisotopic (exact) mass is 120 g/mol. The molecule has 9 heavy (non-hydrogen) atoms. The van der Waals surface area contributed by atoms with E-state index in [1.165, 1.54) is 11.3 Å². The van der Waals surface area contributed by atoms with Gasteiger partial charge < -0.3 is 10.9 Å². The number of hydrazine groups is 1. The van der Waals surface area contributed by atoms with Crippen LogP contribution in [0.5, 0.6) is 0 Å². The van der Waals surface area contributed by atoms with Gasteiger partial charge in [0.15, 0.2) is 0 Å². The molecule has 0 fully saturated rings. The van der Waals surface area contributed by atoms with Crippen LogP contribution in [-0.4, -0.2) is 0 Å². The molecule has 2 rings (SSSR count). The molecule has 0 aromatic heterocycles. The van der Waals surface area contributed by atoms with E-state index in [2.05, 4.69) is 29.1 Å². The van der Waals surface area contributed by atoms with Gasteiger partial charge in [0.1, 0.15) is 0 Å². The minimum Gasteiger partial charge on any atom is -0.308 e. The van der Waals surface area contributed by atoms with Gasteiger partial charge in [0.05, 0.1) is 5.70 Å². The SMILES string of the molecule is C1=CC2=C(C=CNN2)C1. The maximum atomic E-state index is 3.04. The molecule has 1 heterocycles. The lowest BCUT2D eigenvalue weighted by Crippen LogP contribution is -2.27. The third kappa shape index (κ3) is 0.633. The molecular formula is C7H8N2. The van der Waals surface area contributed by atoms with Gasteiger partial charge in [-0.25, -0.2) is 0 Å². The van der Waals surface area contributed by atoms with E-state index in [0.29, 0.717) is 0 Å². The number of hydrogen-bond acceptors (Lipinski definition) is 2. The summed E-state index contributed by atoms with van der Waals surface area (Å²) in [4.78, 5) is 0. The minimum absolute atomic E-state index is 1.07. The Morgan fingerprint density at radius 1 is 1.33 bits per heavy atom. The second kappa shape index (κ2) is 1.65. The van der Waals surface area contributed by atoms with Crippen molar-refractivity contribution in [2.24, 2.45) is 0 Å². The first kappa shape index (κ1) is 4.68. The number of nitrogens with one attached hydrogen (secondary N) is 2. The van der Waals surface area contributed by atoms with E-state index in [-0.39, 0.29) is 0 Å². The summed E-state index contributed by atoms with van der Waals surface area (Å²) in [6.45, 7) is 0. The van der Waals surface area contributed by atoms with Crippen LogP contribution in [0.1, 0.15) is 6.42 Å². The van der Waals surface area contributed by atoms with Crippen LogP contribution in [0.4, 0.5) is 0 Å². The third-order valence-electron chi connectivity index (χ3n) is 1.54. The molecule has 46 valence electrons. The van der Waals surface area contributed by atoms with Crippen LogP contribution in [0.3, 0.4) is 0 Å². The minimum atomic E-state index is 1.07. The molecule has 2 heteroatoms. The van der Waals surface area contributed by atoms with Crippen molar-refractivity contribution >= 4 is 0 Å². The van der Waals surface area contributed by atoms with Crippen LogP contribution in [0, 0.1) is 0 Å². The number of rotatable bonds is 0. The zero-order chi connectivity index (χ0) is 6.10. The average Bonchev–Trinajstić information content (AvgIpc) is 2.33. The Labute approximate surface area is 53.9 Å². The van der Waals surface area contributed by atoms with E-state index in [0.717, 1.165) is 6.42 Å². The second-order valence-corrected chi connectivity index (χ2v) is 2.15. The Morgan fingerprint density at radius 3 is 3.22 bits per heavy atom. The van der Waals surface area contributed by atoms with Gasteiger partial charge in [0.25, 0.3) is 0 Å². The van der Waals surface area contributed by atoms with Crippen LogP contribution >= 0.6 is 0 Å². The highest BCUT2D eigenvalue weighted by Crippen LogP contribution is 2.18. The molecule has 0 unspecified atom stereocenters. The molecule has 1 aliphatic heterocycles. The Morgan fingerprint density at radius 2 is 2.33 bits per heavy atom. The summed E-state index contributed by atoms with van der Waals surface area (Å²) in [5.41, 5.74) is 8.53. The fourth-order valence-corrected chi connectivity index (χ4v) is 1.06. The molecule has 0 bridgehead atoms. The van der Waals surface area contributed by atoms with E-state index < -0.39 is 0 Å². The highest BCUT2D eigenvalue weighted by atomic mass is 15.3. The normalized spacial score (nSPS) is 21.3. The number of hydrogen-bond donors (Lipinski definition) is 2. The average molecular weight is 120 g/mol. The predicted molar refractivity (Wildman–Crippen MR) is 36.2 cm³/mol. The highest BCUT2D eigenvalue weighted by molar-refractivity contribution is 5.40. The first-order valence-corrected chi connectivity index (χ1v) is 3.04. The summed E-state index contributed by atoms with van der Waals surface area (Å²) in [5, 5.41) is 0. The lowest BCUT2D eigenvalue weighted by Gasteiger charge is -2.11. The van der Waals surface area contributed by atoms with Crippen molar-refractivity contribution in [3.8, 4) is 0 Å². The van der Waals surface area contributed by atoms with Crippen molar-refractivity contribution in [2.45, 2.75) is 6.42 Å². The van der Waals surface area contributed by atoms with Crippen molar-refractivity contribution in [3.63, 3.8) is 0 Å². The van der Waals surface area contributed by atoms with Gasteiger partial charge in [-0.15, -0.1) is 0 Å². The fraction of sp³-hybridized carbons (Fsp3) is 0.143. The summed E-state index contributed by atoms with van der Waals surface area (Å²) in [5.74, 6) is 0. The molecule has 0 saturated carbocycles. The molecule has 0 amide bonds. The smallest absolute Gasteiger partial charge is 0.0572 e.